The predicted octanol–water partition coefficient (Wildman–Crippen LogP) is 3.56. The minimum Gasteiger partial charge on any atom is -0.448 e. The summed E-state index contributed by atoms with van der Waals surface area (Å²) in [4.78, 5) is 12.4. The highest BCUT2D eigenvalue weighted by molar-refractivity contribution is 7.89. The number of nitrogens with zero attached hydrogens (tertiary/aromatic N) is 1. The molecule has 0 atom stereocenters. The Bertz CT molecular complexity index is 943. The summed E-state index contributed by atoms with van der Waals surface area (Å²) in [6.45, 7) is 4.31. The van der Waals surface area contributed by atoms with Crippen molar-refractivity contribution in [3.05, 3.63) is 52.5 Å². The summed E-state index contributed by atoms with van der Waals surface area (Å²) in [7, 11) is -3.66. The zero-order valence-corrected chi connectivity index (χ0v) is 16.4. The van der Waals surface area contributed by atoms with Gasteiger partial charge in [-0.05, 0) is 43.9 Å². The van der Waals surface area contributed by atoms with Gasteiger partial charge in [0.25, 0.3) is 10.0 Å². The highest BCUT2D eigenvalue weighted by Gasteiger charge is 2.30. The topological polar surface area (TPSA) is 67.6 Å². The number of hydrogen-bond acceptors (Lipinski definition) is 4. The molecule has 1 fully saturated rings. The van der Waals surface area contributed by atoms with Crippen LogP contribution in [0.4, 0.5) is 4.39 Å². The van der Waals surface area contributed by atoms with Gasteiger partial charge in [0.2, 0.25) is 5.09 Å². The van der Waals surface area contributed by atoms with Gasteiger partial charge >= 0.3 is 0 Å². The number of carbonyl (C=O) groups is 1. The van der Waals surface area contributed by atoms with E-state index >= 15 is 0 Å². The normalized spacial score (nSPS) is 15.8. The number of sulfonamides is 1. The second kappa shape index (κ2) is 7.94. The number of furan rings is 1. The molecule has 0 radical (unpaired) electrons. The Morgan fingerprint density at radius 3 is 2.48 bits per heavy atom. The minimum atomic E-state index is -3.66. The molecular weight excluding hydrogens is 369 g/mol. The molecule has 1 aliphatic heterocycles. The van der Waals surface area contributed by atoms with E-state index in [2.05, 4.69) is 0 Å². The first-order valence-electron chi connectivity index (χ1n) is 9.13. The van der Waals surface area contributed by atoms with Crippen molar-refractivity contribution in [3.8, 4) is 0 Å². The third-order valence-electron chi connectivity index (χ3n) is 4.93. The Morgan fingerprint density at radius 1 is 1.11 bits per heavy atom. The van der Waals surface area contributed by atoms with E-state index in [1.54, 1.807) is 26.0 Å². The lowest BCUT2D eigenvalue weighted by molar-refractivity contribution is -0.117. The molecule has 7 heteroatoms. The Hall–Kier alpha value is -1.99. The van der Waals surface area contributed by atoms with E-state index in [0.29, 0.717) is 35.5 Å². The van der Waals surface area contributed by atoms with Gasteiger partial charge in [-0.1, -0.05) is 18.6 Å². The molecule has 1 saturated heterocycles. The Morgan fingerprint density at radius 2 is 1.81 bits per heavy atom. The molecule has 0 aliphatic carbocycles. The predicted molar refractivity (Wildman–Crippen MR) is 99.6 cm³/mol. The van der Waals surface area contributed by atoms with Crippen molar-refractivity contribution in [2.45, 2.75) is 51.0 Å². The molecular formula is C20H24FNO4S. The van der Waals surface area contributed by atoms with Gasteiger partial charge in [-0.15, -0.1) is 0 Å². The van der Waals surface area contributed by atoms with Gasteiger partial charge in [-0.3, -0.25) is 4.79 Å². The molecule has 2 aromatic rings. The molecule has 1 aliphatic rings. The largest absolute Gasteiger partial charge is 0.448 e. The first kappa shape index (κ1) is 19.8. The number of aryl methyl sites for hydroxylation is 2. The SMILES string of the molecule is Cc1ccc(CC(=O)Cc2cc(S(=O)(=O)N3CCCCC3)oc2C)cc1F. The van der Waals surface area contributed by atoms with Crippen molar-refractivity contribution in [2.24, 2.45) is 0 Å². The summed E-state index contributed by atoms with van der Waals surface area (Å²) < 4.78 is 46.0. The molecule has 0 amide bonds. The fourth-order valence-corrected chi connectivity index (χ4v) is 4.79. The fraction of sp³-hybridized carbons (Fsp3) is 0.450. The second-order valence-corrected chi connectivity index (χ2v) is 8.96. The number of benzene rings is 1. The zero-order valence-electron chi connectivity index (χ0n) is 15.6. The van der Waals surface area contributed by atoms with Crippen LogP contribution < -0.4 is 0 Å². The molecule has 0 bridgehead atoms. The summed E-state index contributed by atoms with van der Waals surface area (Å²) in [5.41, 5.74) is 1.69. The summed E-state index contributed by atoms with van der Waals surface area (Å²) in [6, 6.07) is 6.18. The molecule has 146 valence electrons. The average Bonchev–Trinajstić information content (AvgIpc) is 3.00. The van der Waals surface area contributed by atoms with Gasteiger partial charge in [0.15, 0.2) is 0 Å². The van der Waals surface area contributed by atoms with Crippen LogP contribution in [0.1, 0.15) is 41.7 Å². The highest BCUT2D eigenvalue weighted by atomic mass is 32.2. The van der Waals surface area contributed by atoms with E-state index < -0.39 is 10.0 Å². The van der Waals surface area contributed by atoms with Crippen molar-refractivity contribution in [1.29, 1.82) is 0 Å². The maximum absolute atomic E-state index is 13.6. The minimum absolute atomic E-state index is 0.0559. The zero-order chi connectivity index (χ0) is 19.6. The van der Waals surface area contributed by atoms with Gasteiger partial charge in [0.1, 0.15) is 17.4 Å². The maximum Gasteiger partial charge on any atom is 0.276 e. The molecule has 27 heavy (non-hydrogen) atoms. The fourth-order valence-electron chi connectivity index (χ4n) is 3.27. The first-order chi connectivity index (χ1) is 12.8. The Balaban J connectivity index is 1.72. The number of rotatable bonds is 6. The lowest BCUT2D eigenvalue weighted by Gasteiger charge is -2.24. The molecule has 0 spiro atoms. The van der Waals surface area contributed by atoms with E-state index in [4.69, 9.17) is 4.42 Å². The van der Waals surface area contributed by atoms with Crippen molar-refractivity contribution in [1.82, 2.24) is 4.31 Å². The highest BCUT2D eigenvalue weighted by Crippen LogP contribution is 2.25. The third-order valence-corrected chi connectivity index (χ3v) is 6.69. The van der Waals surface area contributed by atoms with Crippen molar-refractivity contribution < 1.29 is 22.0 Å². The van der Waals surface area contributed by atoms with E-state index in [9.17, 15) is 17.6 Å². The second-order valence-electron chi connectivity index (χ2n) is 7.09. The van der Waals surface area contributed by atoms with Crippen LogP contribution in [0.15, 0.2) is 33.8 Å². The van der Waals surface area contributed by atoms with Crippen molar-refractivity contribution in [2.75, 3.05) is 13.1 Å². The molecule has 1 aromatic carbocycles. The maximum atomic E-state index is 13.6. The summed E-state index contributed by atoms with van der Waals surface area (Å²) >= 11 is 0. The van der Waals surface area contributed by atoms with E-state index in [0.717, 1.165) is 19.3 Å². The molecule has 1 aromatic heterocycles. The van der Waals surface area contributed by atoms with Crippen molar-refractivity contribution >= 4 is 15.8 Å². The van der Waals surface area contributed by atoms with Crippen LogP contribution in [-0.2, 0) is 27.7 Å². The monoisotopic (exact) mass is 393 g/mol. The number of carbonyl (C=O) groups excluding carboxylic acids is 1. The molecule has 3 rings (SSSR count). The molecule has 2 heterocycles. The van der Waals surface area contributed by atoms with Crippen LogP contribution in [0, 0.1) is 19.7 Å². The number of ketones is 1. The first-order valence-corrected chi connectivity index (χ1v) is 10.6. The molecule has 5 nitrogen and oxygen atoms in total. The van der Waals surface area contributed by atoms with Gasteiger partial charge in [0, 0.05) is 37.6 Å². The number of piperidine rings is 1. The Kier molecular flexibility index (Phi) is 5.81. The smallest absolute Gasteiger partial charge is 0.276 e. The lowest BCUT2D eigenvalue weighted by Crippen LogP contribution is -2.35. The number of Topliss-reactive ketones (excluding diaryl/α,β-unsaturated/α-hetero) is 1. The molecule has 0 saturated carbocycles. The van der Waals surface area contributed by atoms with Crippen LogP contribution in [0.5, 0.6) is 0 Å². The van der Waals surface area contributed by atoms with E-state index in [1.165, 1.54) is 16.4 Å². The van der Waals surface area contributed by atoms with Gasteiger partial charge in [-0.25, -0.2) is 12.8 Å². The van der Waals surface area contributed by atoms with Gasteiger partial charge in [-0.2, -0.15) is 4.31 Å². The van der Waals surface area contributed by atoms with Gasteiger partial charge in [0.05, 0.1) is 0 Å². The number of hydrogen-bond donors (Lipinski definition) is 0. The van der Waals surface area contributed by atoms with Crippen LogP contribution in [0.25, 0.3) is 0 Å². The number of halogens is 1. The van der Waals surface area contributed by atoms with Crippen LogP contribution in [0.3, 0.4) is 0 Å². The summed E-state index contributed by atoms with van der Waals surface area (Å²) in [6.07, 6.45) is 2.87. The average molecular weight is 393 g/mol. The summed E-state index contributed by atoms with van der Waals surface area (Å²) in [5.74, 6) is -0.0344. The molecule has 0 unspecified atom stereocenters. The van der Waals surface area contributed by atoms with Crippen LogP contribution in [-0.4, -0.2) is 31.6 Å². The molecule has 0 N–H and O–H groups in total. The van der Waals surface area contributed by atoms with Crippen LogP contribution in [0.2, 0.25) is 0 Å². The van der Waals surface area contributed by atoms with Crippen LogP contribution >= 0.6 is 0 Å². The standard InChI is InChI=1S/C20H24FNO4S/c1-14-6-7-16(11-19(14)21)10-18(23)12-17-13-20(26-15(17)2)27(24,25)22-8-4-3-5-9-22/h6-7,11,13H,3-5,8-10,12H2,1-2H3. The quantitative estimate of drug-likeness (QED) is 0.753. The van der Waals surface area contributed by atoms with Crippen molar-refractivity contribution in [3.63, 3.8) is 0 Å². The summed E-state index contributed by atoms with van der Waals surface area (Å²) in [5, 5.41) is -0.105. The Labute approximate surface area is 159 Å². The third kappa shape index (κ3) is 4.47. The van der Waals surface area contributed by atoms with Gasteiger partial charge < -0.3 is 4.42 Å². The lowest BCUT2D eigenvalue weighted by atomic mass is 10.0. The van der Waals surface area contributed by atoms with E-state index in [-0.39, 0.29) is 29.5 Å². The van der Waals surface area contributed by atoms with E-state index in [1.807, 2.05) is 0 Å².